The van der Waals surface area contributed by atoms with Crippen LogP contribution in [0, 0.1) is 0 Å². The van der Waals surface area contributed by atoms with E-state index in [1.54, 1.807) is 18.2 Å². The Labute approximate surface area is 98.8 Å². The van der Waals surface area contributed by atoms with Crippen LogP contribution in [-0.2, 0) is 0 Å². The lowest BCUT2D eigenvalue weighted by Gasteiger charge is -2.23. The van der Waals surface area contributed by atoms with Crippen LogP contribution < -0.4 is 4.90 Å². The second-order valence-corrected chi connectivity index (χ2v) is 3.93. The van der Waals surface area contributed by atoms with Gasteiger partial charge >= 0.3 is 0 Å². The quantitative estimate of drug-likeness (QED) is 0.837. The van der Waals surface area contributed by atoms with E-state index in [9.17, 15) is 0 Å². The summed E-state index contributed by atoms with van der Waals surface area (Å²) in [5.74, 6) is 0. The Balaban J connectivity index is 2.88. The van der Waals surface area contributed by atoms with Gasteiger partial charge in [0.1, 0.15) is 0 Å². The highest BCUT2D eigenvalue weighted by Gasteiger charge is 2.07. The summed E-state index contributed by atoms with van der Waals surface area (Å²) >= 11 is 11.7. The first kappa shape index (κ1) is 12.6. The first-order valence-electron chi connectivity index (χ1n) is 4.60. The molecular formula is C10H13Cl2NO2. The minimum Gasteiger partial charge on any atom is -0.395 e. The predicted octanol–water partition coefficient (Wildman–Crippen LogP) is 1.78. The van der Waals surface area contributed by atoms with E-state index >= 15 is 0 Å². The summed E-state index contributed by atoms with van der Waals surface area (Å²) in [6.45, 7) is 0.919. The highest BCUT2D eigenvalue weighted by Crippen LogP contribution is 2.25. The first-order valence-corrected chi connectivity index (χ1v) is 5.35. The maximum atomic E-state index is 8.87. The Kier molecular flexibility index (Phi) is 5.19. The number of hydrogen-bond acceptors (Lipinski definition) is 3. The lowest BCUT2D eigenvalue weighted by atomic mass is 10.3. The Hall–Kier alpha value is -0.480. The molecule has 0 saturated heterocycles. The zero-order valence-corrected chi connectivity index (χ0v) is 9.67. The van der Waals surface area contributed by atoms with Crippen LogP contribution in [0.25, 0.3) is 0 Å². The van der Waals surface area contributed by atoms with E-state index in [0.717, 1.165) is 5.69 Å². The number of halogens is 2. The van der Waals surface area contributed by atoms with Crippen LogP contribution in [0.3, 0.4) is 0 Å². The highest BCUT2D eigenvalue weighted by molar-refractivity contribution is 6.35. The van der Waals surface area contributed by atoms with Crippen LogP contribution in [0.15, 0.2) is 18.2 Å². The van der Waals surface area contributed by atoms with Gasteiger partial charge in [-0.25, -0.2) is 0 Å². The third-order valence-electron chi connectivity index (χ3n) is 1.95. The molecule has 2 N–H and O–H groups in total. The molecule has 0 atom stereocenters. The van der Waals surface area contributed by atoms with Gasteiger partial charge in [-0.2, -0.15) is 0 Å². The van der Waals surface area contributed by atoms with Crippen molar-refractivity contribution in [1.82, 2.24) is 0 Å². The molecule has 0 aliphatic heterocycles. The average molecular weight is 250 g/mol. The maximum Gasteiger partial charge on any atom is 0.0606 e. The van der Waals surface area contributed by atoms with Gasteiger partial charge in [-0.05, 0) is 18.2 Å². The van der Waals surface area contributed by atoms with Crippen molar-refractivity contribution in [2.75, 3.05) is 31.2 Å². The van der Waals surface area contributed by atoms with E-state index < -0.39 is 0 Å². The fourth-order valence-corrected chi connectivity index (χ4v) is 1.85. The molecule has 0 aliphatic carbocycles. The molecule has 1 aromatic rings. The molecule has 0 heterocycles. The SMILES string of the molecule is OCCN(CCO)c1cc(Cl)cc(Cl)c1. The topological polar surface area (TPSA) is 43.7 Å². The molecule has 0 unspecified atom stereocenters. The van der Waals surface area contributed by atoms with Crippen molar-refractivity contribution in [2.45, 2.75) is 0 Å². The Bertz CT molecular complexity index is 294. The minimum atomic E-state index is 0.0180. The zero-order valence-electron chi connectivity index (χ0n) is 8.16. The number of rotatable bonds is 5. The van der Waals surface area contributed by atoms with Gasteiger partial charge in [0.25, 0.3) is 0 Å². The molecule has 1 aromatic carbocycles. The molecule has 0 aliphatic rings. The molecule has 5 heteroatoms. The fraction of sp³-hybridized carbons (Fsp3) is 0.400. The summed E-state index contributed by atoms with van der Waals surface area (Å²) in [4.78, 5) is 1.82. The molecule has 0 bridgehead atoms. The largest absolute Gasteiger partial charge is 0.395 e. The van der Waals surface area contributed by atoms with Crippen LogP contribution >= 0.6 is 23.2 Å². The van der Waals surface area contributed by atoms with E-state index in [4.69, 9.17) is 33.4 Å². The third-order valence-corrected chi connectivity index (χ3v) is 2.39. The van der Waals surface area contributed by atoms with Gasteiger partial charge in [0, 0.05) is 28.8 Å². The van der Waals surface area contributed by atoms with E-state index in [2.05, 4.69) is 0 Å². The highest BCUT2D eigenvalue weighted by atomic mass is 35.5. The number of aliphatic hydroxyl groups is 2. The van der Waals surface area contributed by atoms with Gasteiger partial charge in [0.2, 0.25) is 0 Å². The van der Waals surface area contributed by atoms with E-state index in [-0.39, 0.29) is 13.2 Å². The molecule has 0 aromatic heterocycles. The van der Waals surface area contributed by atoms with Crippen molar-refractivity contribution >= 4 is 28.9 Å². The summed E-state index contributed by atoms with van der Waals surface area (Å²) in [6.07, 6.45) is 0. The normalized spacial score (nSPS) is 10.4. The Morgan fingerprint density at radius 1 is 0.933 bits per heavy atom. The van der Waals surface area contributed by atoms with Crippen molar-refractivity contribution in [3.63, 3.8) is 0 Å². The number of hydrogen-bond donors (Lipinski definition) is 2. The number of aliphatic hydroxyl groups excluding tert-OH is 2. The van der Waals surface area contributed by atoms with Gasteiger partial charge in [-0.1, -0.05) is 23.2 Å². The molecule has 0 amide bonds. The van der Waals surface area contributed by atoms with Crippen LogP contribution in [0.1, 0.15) is 0 Å². The van der Waals surface area contributed by atoms with E-state index in [0.29, 0.717) is 23.1 Å². The minimum absolute atomic E-state index is 0.0180. The predicted molar refractivity (Wildman–Crippen MR) is 62.8 cm³/mol. The van der Waals surface area contributed by atoms with Gasteiger partial charge < -0.3 is 15.1 Å². The summed E-state index contributed by atoms with van der Waals surface area (Å²) in [7, 11) is 0. The molecule has 0 saturated carbocycles. The molecule has 15 heavy (non-hydrogen) atoms. The molecule has 0 fully saturated rings. The molecular weight excluding hydrogens is 237 g/mol. The van der Waals surface area contributed by atoms with Crippen molar-refractivity contribution in [2.24, 2.45) is 0 Å². The maximum absolute atomic E-state index is 8.87. The van der Waals surface area contributed by atoms with E-state index in [1.807, 2.05) is 4.90 Å². The third kappa shape index (κ3) is 3.87. The Morgan fingerprint density at radius 2 is 1.40 bits per heavy atom. The summed E-state index contributed by atoms with van der Waals surface area (Å²) in [6, 6.07) is 5.14. The molecule has 3 nitrogen and oxygen atoms in total. The lowest BCUT2D eigenvalue weighted by molar-refractivity contribution is 0.281. The van der Waals surface area contributed by atoms with Crippen LogP contribution in [0.2, 0.25) is 10.0 Å². The molecule has 84 valence electrons. The second kappa shape index (κ2) is 6.18. The fourth-order valence-electron chi connectivity index (χ4n) is 1.33. The van der Waals surface area contributed by atoms with Crippen LogP contribution in [0.4, 0.5) is 5.69 Å². The van der Waals surface area contributed by atoms with Gasteiger partial charge in [-0.15, -0.1) is 0 Å². The van der Waals surface area contributed by atoms with Crippen LogP contribution in [0.5, 0.6) is 0 Å². The number of nitrogens with zero attached hydrogens (tertiary/aromatic N) is 1. The van der Waals surface area contributed by atoms with Crippen molar-refractivity contribution < 1.29 is 10.2 Å². The number of benzene rings is 1. The average Bonchev–Trinajstić information content (AvgIpc) is 2.16. The van der Waals surface area contributed by atoms with E-state index in [1.165, 1.54) is 0 Å². The van der Waals surface area contributed by atoms with Crippen molar-refractivity contribution in [1.29, 1.82) is 0 Å². The summed E-state index contributed by atoms with van der Waals surface area (Å²) < 4.78 is 0. The second-order valence-electron chi connectivity index (χ2n) is 3.06. The molecule has 0 radical (unpaired) electrons. The van der Waals surface area contributed by atoms with Gasteiger partial charge in [0.05, 0.1) is 13.2 Å². The first-order chi connectivity index (χ1) is 7.17. The van der Waals surface area contributed by atoms with Gasteiger partial charge in [-0.3, -0.25) is 0 Å². The zero-order chi connectivity index (χ0) is 11.3. The molecule has 0 spiro atoms. The smallest absolute Gasteiger partial charge is 0.0606 e. The Morgan fingerprint density at radius 3 is 1.80 bits per heavy atom. The van der Waals surface area contributed by atoms with Crippen molar-refractivity contribution in [3.05, 3.63) is 28.2 Å². The van der Waals surface area contributed by atoms with Crippen molar-refractivity contribution in [3.8, 4) is 0 Å². The lowest BCUT2D eigenvalue weighted by Crippen LogP contribution is -2.29. The summed E-state index contributed by atoms with van der Waals surface area (Å²) in [5, 5.41) is 18.8. The van der Waals surface area contributed by atoms with Gasteiger partial charge in [0.15, 0.2) is 0 Å². The standard InChI is InChI=1S/C10H13Cl2NO2/c11-8-5-9(12)7-10(6-8)13(1-3-14)2-4-15/h5-7,14-15H,1-4H2. The molecule has 1 rings (SSSR count). The number of anilines is 1. The summed E-state index contributed by atoms with van der Waals surface area (Å²) in [5.41, 5.74) is 0.801. The van der Waals surface area contributed by atoms with Crippen LogP contribution in [-0.4, -0.2) is 36.5 Å². The monoisotopic (exact) mass is 249 g/mol.